The smallest absolute Gasteiger partial charge is 0.251 e. The first-order chi connectivity index (χ1) is 15.7. The Morgan fingerprint density at radius 1 is 1.06 bits per heavy atom. The lowest BCUT2D eigenvalue weighted by Gasteiger charge is -2.05. The highest BCUT2D eigenvalue weighted by Gasteiger charge is 2.12. The lowest BCUT2D eigenvalue weighted by molar-refractivity contribution is -0.688. The maximum absolute atomic E-state index is 12.2. The van der Waals surface area contributed by atoms with Crippen LogP contribution in [0.25, 0.3) is 22.8 Å². The molecule has 0 unspecified atom stereocenters. The molecule has 0 fully saturated rings. The Morgan fingerprint density at radius 3 is 2.56 bits per heavy atom. The van der Waals surface area contributed by atoms with Gasteiger partial charge in [0.15, 0.2) is 24.7 Å². The van der Waals surface area contributed by atoms with Crippen molar-refractivity contribution in [2.75, 3.05) is 13.7 Å². The Balaban J connectivity index is 1.45. The van der Waals surface area contributed by atoms with Gasteiger partial charge >= 0.3 is 0 Å². The molecule has 1 N–H and O–H groups in total. The number of carbonyl (C=O) groups is 1. The van der Waals surface area contributed by atoms with Crippen molar-refractivity contribution in [2.45, 2.75) is 19.9 Å². The summed E-state index contributed by atoms with van der Waals surface area (Å²) >= 11 is 0. The van der Waals surface area contributed by atoms with Gasteiger partial charge in [0.1, 0.15) is 5.75 Å². The predicted molar refractivity (Wildman–Crippen MR) is 122 cm³/mol. The predicted octanol–water partition coefficient (Wildman–Crippen LogP) is 4.49. The van der Waals surface area contributed by atoms with Crippen LogP contribution < -0.4 is 14.6 Å². The number of nitrogens with zero attached hydrogens (tertiary/aromatic N) is 2. The molecule has 32 heavy (non-hydrogen) atoms. The van der Waals surface area contributed by atoms with Gasteiger partial charge in [-0.25, -0.2) is 9.55 Å². The maximum atomic E-state index is 12.2. The van der Waals surface area contributed by atoms with Crippen molar-refractivity contribution >= 4 is 5.91 Å². The van der Waals surface area contributed by atoms with E-state index in [1.54, 1.807) is 13.3 Å². The fourth-order valence-electron chi connectivity index (χ4n) is 3.36. The van der Waals surface area contributed by atoms with Gasteiger partial charge < -0.3 is 14.5 Å². The molecule has 2 aromatic carbocycles. The van der Waals surface area contributed by atoms with Gasteiger partial charge in [-0.3, -0.25) is 4.79 Å². The van der Waals surface area contributed by atoms with E-state index in [1.807, 2.05) is 80.0 Å². The molecule has 0 radical (unpaired) electrons. The first-order valence-corrected chi connectivity index (χ1v) is 10.6. The average molecular weight is 429 g/mol. The Labute approximate surface area is 187 Å². The lowest BCUT2D eigenvalue weighted by atomic mass is 10.1. The number of pyridine rings is 1. The van der Waals surface area contributed by atoms with E-state index in [0.717, 1.165) is 28.9 Å². The molecular formula is C26H26N3O3+. The van der Waals surface area contributed by atoms with E-state index in [-0.39, 0.29) is 5.91 Å². The lowest BCUT2D eigenvalue weighted by Crippen LogP contribution is -2.33. The fraction of sp³-hybridized carbons (Fsp3) is 0.192. The number of rotatable bonds is 8. The molecule has 1 amide bonds. The van der Waals surface area contributed by atoms with Crippen molar-refractivity contribution in [1.82, 2.24) is 10.3 Å². The van der Waals surface area contributed by atoms with Crippen molar-refractivity contribution in [3.8, 4) is 28.5 Å². The highest BCUT2D eigenvalue weighted by molar-refractivity contribution is 5.94. The number of amides is 1. The molecule has 0 aliphatic rings. The van der Waals surface area contributed by atoms with Gasteiger partial charge in [0.25, 0.3) is 5.91 Å². The van der Waals surface area contributed by atoms with E-state index in [2.05, 4.69) is 14.9 Å². The molecule has 0 atom stereocenters. The molecule has 0 spiro atoms. The van der Waals surface area contributed by atoms with E-state index in [1.165, 1.54) is 0 Å². The normalized spacial score (nSPS) is 10.7. The molecule has 4 rings (SSSR count). The van der Waals surface area contributed by atoms with Crippen molar-refractivity contribution in [1.29, 1.82) is 0 Å². The van der Waals surface area contributed by atoms with E-state index < -0.39 is 0 Å². The molecule has 0 aliphatic carbocycles. The summed E-state index contributed by atoms with van der Waals surface area (Å²) in [5.74, 6) is 2.03. The first kappa shape index (κ1) is 21.3. The van der Waals surface area contributed by atoms with Crippen molar-refractivity contribution in [2.24, 2.45) is 0 Å². The van der Waals surface area contributed by atoms with Crippen molar-refractivity contribution < 1.29 is 18.5 Å². The highest BCUT2D eigenvalue weighted by Crippen LogP contribution is 2.26. The molecule has 162 valence electrons. The highest BCUT2D eigenvalue weighted by atomic mass is 16.5. The number of methoxy groups -OCH3 is 1. The molecular weight excluding hydrogens is 402 g/mol. The maximum Gasteiger partial charge on any atom is 0.251 e. The third-order valence-electron chi connectivity index (χ3n) is 5.11. The van der Waals surface area contributed by atoms with Crippen LogP contribution in [0.1, 0.15) is 29.3 Å². The number of carbonyl (C=O) groups excluding carboxylic acids is 1. The summed E-state index contributed by atoms with van der Waals surface area (Å²) in [5, 5.41) is 2.92. The van der Waals surface area contributed by atoms with Crippen molar-refractivity contribution in [3.63, 3.8) is 0 Å². The van der Waals surface area contributed by atoms with Crippen LogP contribution in [0.2, 0.25) is 0 Å². The molecule has 2 heterocycles. The molecule has 6 nitrogen and oxygen atoms in total. The number of oxazole rings is 1. The van der Waals surface area contributed by atoms with Crippen LogP contribution in [-0.4, -0.2) is 24.5 Å². The zero-order chi connectivity index (χ0) is 22.3. The summed E-state index contributed by atoms with van der Waals surface area (Å²) in [6.45, 7) is 3.39. The summed E-state index contributed by atoms with van der Waals surface area (Å²) in [6.07, 6.45) is 6.64. The summed E-state index contributed by atoms with van der Waals surface area (Å²) in [7, 11) is 1.64. The summed E-state index contributed by atoms with van der Waals surface area (Å²) in [5.41, 5.74) is 3.58. The number of aromatic nitrogens is 2. The van der Waals surface area contributed by atoms with E-state index in [9.17, 15) is 4.79 Å². The third-order valence-corrected chi connectivity index (χ3v) is 5.11. The molecule has 6 heteroatoms. The van der Waals surface area contributed by atoms with Crippen LogP contribution in [0.3, 0.4) is 0 Å². The summed E-state index contributed by atoms with van der Waals surface area (Å²) < 4.78 is 13.2. The number of nitrogens with one attached hydrogen (secondary N) is 1. The largest absolute Gasteiger partial charge is 0.497 e. The second kappa shape index (κ2) is 9.92. The first-order valence-electron chi connectivity index (χ1n) is 10.6. The molecule has 0 saturated heterocycles. The van der Waals surface area contributed by atoms with Crippen LogP contribution in [0.5, 0.6) is 5.75 Å². The van der Waals surface area contributed by atoms with Gasteiger partial charge in [-0.05, 0) is 42.8 Å². The zero-order valence-corrected chi connectivity index (χ0v) is 18.2. The number of benzene rings is 2. The van der Waals surface area contributed by atoms with Crippen LogP contribution in [0.15, 0.2) is 83.7 Å². The van der Waals surface area contributed by atoms with Gasteiger partial charge in [0, 0.05) is 40.9 Å². The Bertz CT molecular complexity index is 1180. The van der Waals surface area contributed by atoms with Gasteiger partial charge in [-0.1, -0.05) is 19.1 Å². The van der Waals surface area contributed by atoms with Crippen molar-refractivity contribution in [3.05, 3.63) is 90.4 Å². The van der Waals surface area contributed by atoms with E-state index >= 15 is 0 Å². The summed E-state index contributed by atoms with van der Waals surface area (Å²) in [6, 6.07) is 19.3. The van der Waals surface area contributed by atoms with E-state index in [0.29, 0.717) is 30.3 Å². The van der Waals surface area contributed by atoms with Crippen LogP contribution in [0.4, 0.5) is 0 Å². The third kappa shape index (κ3) is 5.03. The van der Waals surface area contributed by atoms with Gasteiger partial charge in [0.2, 0.25) is 5.89 Å². The second-order valence-corrected chi connectivity index (χ2v) is 7.47. The van der Waals surface area contributed by atoms with E-state index in [4.69, 9.17) is 9.15 Å². The topological polar surface area (TPSA) is 68.2 Å². The Morgan fingerprint density at radius 2 is 1.84 bits per heavy atom. The molecule has 4 aromatic rings. The van der Waals surface area contributed by atoms with Crippen LogP contribution in [-0.2, 0) is 6.54 Å². The SMILES string of the molecule is CCCNC(=O)c1cccc(C[n+]2ccc(-c3cnc(-c4ccc(OC)cc4)o3)cc2)c1. The Hall–Kier alpha value is -3.93. The van der Waals surface area contributed by atoms with Gasteiger partial charge in [-0.2, -0.15) is 0 Å². The summed E-state index contributed by atoms with van der Waals surface area (Å²) in [4.78, 5) is 16.6. The molecule has 0 aliphatic heterocycles. The van der Waals surface area contributed by atoms with Crippen LogP contribution in [0, 0.1) is 0 Å². The van der Waals surface area contributed by atoms with Crippen LogP contribution >= 0.6 is 0 Å². The minimum Gasteiger partial charge on any atom is -0.497 e. The molecule has 0 bridgehead atoms. The zero-order valence-electron chi connectivity index (χ0n) is 18.2. The average Bonchev–Trinajstić information content (AvgIpc) is 3.33. The number of hydrogen-bond donors (Lipinski definition) is 1. The minimum atomic E-state index is -0.0352. The number of ether oxygens (including phenoxy) is 1. The monoisotopic (exact) mass is 428 g/mol. The Kier molecular flexibility index (Phi) is 6.60. The second-order valence-electron chi connectivity index (χ2n) is 7.47. The number of hydrogen-bond acceptors (Lipinski definition) is 4. The molecule has 2 aromatic heterocycles. The minimum absolute atomic E-state index is 0.0352. The fourth-order valence-corrected chi connectivity index (χ4v) is 3.36. The quantitative estimate of drug-likeness (QED) is 0.420. The van der Waals surface area contributed by atoms with Gasteiger partial charge in [-0.15, -0.1) is 0 Å². The standard InChI is InChI=1S/C26H25N3O3/c1-3-13-27-25(30)22-6-4-5-19(16-22)18-29-14-11-20(12-15-29)24-17-28-26(32-24)21-7-9-23(31-2)10-8-21/h4-12,14-17H,3,13,18H2,1-2H3/p+1. The van der Waals surface area contributed by atoms with Gasteiger partial charge in [0.05, 0.1) is 13.3 Å². The molecule has 0 saturated carbocycles.